The molecule has 0 aromatic carbocycles. The minimum Gasteiger partial charge on any atom is -0.314 e. The van der Waals surface area contributed by atoms with Crippen LogP contribution >= 0.6 is 0 Å². The van der Waals surface area contributed by atoms with E-state index < -0.39 is 0 Å². The minimum absolute atomic E-state index is 0.343. The zero-order valence-corrected chi connectivity index (χ0v) is 11.4. The van der Waals surface area contributed by atoms with Gasteiger partial charge in [-0.3, -0.25) is 4.90 Å². The first-order chi connectivity index (χ1) is 7.44. The molecule has 2 heteroatoms. The van der Waals surface area contributed by atoms with Crippen LogP contribution in [0.2, 0.25) is 0 Å². The van der Waals surface area contributed by atoms with Crippen molar-refractivity contribution < 1.29 is 0 Å². The van der Waals surface area contributed by atoms with Crippen molar-refractivity contribution in [3.63, 3.8) is 0 Å². The zero-order chi connectivity index (χ0) is 12.2. The van der Waals surface area contributed by atoms with Crippen LogP contribution in [0.4, 0.5) is 0 Å². The lowest BCUT2D eigenvalue weighted by atomic mass is 9.92. The monoisotopic (exact) mass is 224 g/mol. The molecule has 0 bridgehead atoms. The Bertz CT molecular complexity index is 217. The second kappa shape index (κ2) is 5.83. The molecule has 0 radical (unpaired) electrons. The summed E-state index contributed by atoms with van der Waals surface area (Å²) < 4.78 is 0. The topological polar surface area (TPSA) is 15.3 Å². The third-order valence-corrected chi connectivity index (χ3v) is 3.05. The van der Waals surface area contributed by atoms with Gasteiger partial charge < -0.3 is 5.32 Å². The van der Waals surface area contributed by atoms with Crippen LogP contribution in [-0.4, -0.2) is 36.6 Å². The van der Waals surface area contributed by atoms with Gasteiger partial charge in [-0.15, -0.1) is 6.58 Å². The van der Waals surface area contributed by atoms with Crippen molar-refractivity contribution in [1.82, 2.24) is 10.2 Å². The number of hydrogen-bond acceptors (Lipinski definition) is 2. The van der Waals surface area contributed by atoms with Crippen LogP contribution in [-0.2, 0) is 0 Å². The Morgan fingerprint density at radius 1 is 1.44 bits per heavy atom. The molecule has 0 saturated heterocycles. The first-order valence-electron chi connectivity index (χ1n) is 6.53. The van der Waals surface area contributed by atoms with E-state index >= 15 is 0 Å². The average Bonchev–Trinajstić information content (AvgIpc) is 2.97. The van der Waals surface area contributed by atoms with Crippen molar-refractivity contribution >= 4 is 0 Å². The van der Waals surface area contributed by atoms with E-state index in [2.05, 4.69) is 44.5 Å². The Kier molecular flexibility index (Phi) is 5.00. The summed E-state index contributed by atoms with van der Waals surface area (Å²) in [5.74, 6) is 0. The van der Waals surface area contributed by atoms with Gasteiger partial charge in [-0.2, -0.15) is 0 Å². The first kappa shape index (κ1) is 13.7. The number of nitrogens with zero attached hydrogens (tertiary/aromatic N) is 1. The standard InChI is InChI=1S/C14H28N2/c1-6-9-16(13-7-8-13)11-14(4,5)10-15-12(2)3/h6,12-13,15H,1,7-11H2,2-5H3. The summed E-state index contributed by atoms with van der Waals surface area (Å²) >= 11 is 0. The van der Waals surface area contributed by atoms with Crippen molar-refractivity contribution in [3.8, 4) is 0 Å². The summed E-state index contributed by atoms with van der Waals surface area (Å²) in [7, 11) is 0. The number of nitrogens with one attached hydrogen (secondary N) is 1. The molecular formula is C14H28N2. The fraction of sp³-hybridized carbons (Fsp3) is 0.857. The molecule has 16 heavy (non-hydrogen) atoms. The number of rotatable bonds is 8. The third kappa shape index (κ3) is 5.13. The first-order valence-corrected chi connectivity index (χ1v) is 6.53. The summed E-state index contributed by atoms with van der Waals surface area (Å²) in [6, 6.07) is 1.41. The third-order valence-electron chi connectivity index (χ3n) is 3.05. The molecule has 0 aromatic rings. The Hall–Kier alpha value is -0.340. The van der Waals surface area contributed by atoms with Crippen molar-refractivity contribution in [3.05, 3.63) is 12.7 Å². The maximum absolute atomic E-state index is 3.86. The summed E-state index contributed by atoms with van der Waals surface area (Å²) in [6.07, 6.45) is 4.79. The Morgan fingerprint density at radius 2 is 2.06 bits per heavy atom. The van der Waals surface area contributed by atoms with Crippen molar-refractivity contribution in [2.45, 2.75) is 52.6 Å². The van der Waals surface area contributed by atoms with Gasteiger partial charge in [0.2, 0.25) is 0 Å². The largest absolute Gasteiger partial charge is 0.314 e. The van der Waals surface area contributed by atoms with Gasteiger partial charge in [-0.25, -0.2) is 0 Å². The molecule has 1 aliphatic rings. The van der Waals surface area contributed by atoms with Crippen molar-refractivity contribution in [2.75, 3.05) is 19.6 Å². The van der Waals surface area contributed by atoms with Gasteiger partial charge in [-0.05, 0) is 18.3 Å². The zero-order valence-electron chi connectivity index (χ0n) is 11.4. The van der Waals surface area contributed by atoms with Crippen LogP contribution in [0.15, 0.2) is 12.7 Å². The van der Waals surface area contributed by atoms with Gasteiger partial charge in [0.15, 0.2) is 0 Å². The fourth-order valence-electron chi connectivity index (χ4n) is 2.03. The molecule has 0 aromatic heterocycles. The predicted octanol–water partition coefficient (Wildman–Crippen LogP) is 2.66. The second-order valence-electron chi connectivity index (χ2n) is 6.15. The van der Waals surface area contributed by atoms with E-state index in [0.717, 1.165) is 19.1 Å². The predicted molar refractivity (Wildman–Crippen MR) is 71.7 cm³/mol. The van der Waals surface area contributed by atoms with Crippen molar-refractivity contribution in [2.24, 2.45) is 5.41 Å². The van der Waals surface area contributed by atoms with Crippen LogP contribution in [0.25, 0.3) is 0 Å². The summed E-state index contributed by atoms with van der Waals surface area (Å²) in [6.45, 7) is 16.3. The van der Waals surface area contributed by atoms with Crippen LogP contribution in [0.3, 0.4) is 0 Å². The van der Waals surface area contributed by atoms with E-state index in [0.29, 0.717) is 11.5 Å². The van der Waals surface area contributed by atoms with Gasteiger partial charge >= 0.3 is 0 Å². The van der Waals surface area contributed by atoms with Gasteiger partial charge in [0.1, 0.15) is 0 Å². The lowest BCUT2D eigenvalue weighted by molar-refractivity contribution is 0.178. The molecule has 0 unspecified atom stereocenters. The van der Waals surface area contributed by atoms with E-state index in [9.17, 15) is 0 Å². The van der Waals surface area contributed by atoms with E-state index in [1.165, 1.54) is 19.4 Å². The SMILES string of the molecule is C=CCN(CC(C)(C)CNC(C)C)C1CC1. The minimum atomic E-state index is 0.343. The highest BCUT2D eigenvalue weighted by atomic mass is 15.2. The van der Waals surface area contributed by atoms with E-state index in [1.807, 2.05) is 6.08 Å². The molecule has 0 atom stereocenters. The van der Waals surface area contributed by atoms with Crippen LogP contribution in [0.1, 0.15) is 40.5 Å². The van der Waals surface area contributed by atoms with Crippen molar-refractivity contribution in [1.29, 1.82) is 0 Å². The summed E-state index contributed by atoms with van der Waals surface area (Å²) in [5, 5.41) is 3.54. The second-order valence-corrected chi connectivity index (χ2v) is 6.15. The van der Waals surface area contributed by atoms with Gasteiger partial charge in [0, 0.05) is 31.7 Å². The molecule has 94 valence electrons. The Balaban J connectivity index is 2.38. The average molecular weight is 224 g/mol. The molecule has 1 aliphatic carbocycles. The smallest absolute Gasteiger partial charge is 0.0163 e. The molecule has 2 nitrogen and oxygen atoms in total. The molecule has 0 spiro atoms. The van der Waals surface area contributed by atoms with E-state index in [4.69, 9.17) is 0 Å². The molecule has 0 aliphatic heterocycles. The van der Waals surface area contributed by atoms with E-state index in [1.54, 1.807) is 0 Å². The normalized spacial score (nSPS) is 17.1. The highest BCUT2D eigenvalue weighted by Gasteiger charge is 2.32. The van der Waals surface area contributed by atoms with Crippen LogP contribution in [0.5, 0.6) is 0 Å². The molecule has 1 N–H and O–H groups in total. The number of hydrogen-bond donors (Lipinski definition) is 1. The highest BCUT2D eigenvalue weighted by Crippen LogP contribution is 2.29. The molecule has 0 amide bonds. The molecular weight excluding hydrogens is 196 g/mol. The van der Waals surface area contributed by atoms with Crippen LogP contribution in [0, 0.1) is 5.41 Å². The summed E-state index contributed by atoms with van der Waals surface area (Å²) in [5.41, 5.74) is 0.343. The van der Waals surface area contributed by atoms with E-state index in [-0.39, 0.29) is 0 Å². The highest BCUT2D eigenvalue weighted by molar-refractivity contribution is 4.91. The summed E-state index contributed by atoms with van der Waals surface area (Å²) in [4.78, 5) is 2.58. The van der Waals surface area contributed by atoms with Gasteiger partial charge in [0.25, 0.3) is 0 Å². The fourth-order valence-corrected chi connectivity index (χ4v) is 2.03. The van der Waals surface area contributed by atoms with Gasteiger partial charge in [0.05, 0.1) is 0 Å². The maximum atomic E-state index is 3.86. The quantitative estimate of drug-likeness (QED) is 0.638. The lowest BCUT2D eigenvalue weighted by Gasteiger charge is -2.33. The Morgan fingerprint density at radius 3 is 2.50 bits per heavy atom. The molecule has 1 saturated carbocycles. The molecule has 1 rings (SSSR count). The molecule has 0 heterocycles. The lowest BCUT2D eigenvalue weighted by Crippen LogP contribution is -2.43. The van der Waals surface area contributed by atoms with Crippen LogP contribution < -0.4 is 5.32 Å². The Labute approximate surface area is 101 Å². The van der Waals surface area contributed by atoms with Gasteiger partial charge in [-0.1, -0.05) is 33.8 Å². The molecule has 1 fully saturated rings. The maximum Gasteiger partial charge on any atom is 0.0163 e.